The Morgan fingerprint density at radius 2 is 1.55 bits per heavy atom. The first kappa shape index (κ1) is 30.8. The lowest BCUT2D eigenvalue weighted by atomic mass is 10.0. The van der Waals surface area contributed by atoms with Gasteiger partial charge in [-0.15, -0.1) is 16.8 Å². The fourth-order valence-electron chi connectivity index (χ4n) is 4.62. The third-order valence-corrected chi connectivity index (χ3v) is 7.81. The number of hydrogen-bond donors (Lipinski definition) is 2. The van der Waals surface area contributed by atoms with Gasteiger partial charge in [-0.3, -0.25) is 19.7 Å². The van der Waals surface area contributed by atoms with Crippen LogP contribution < -0.4 is 15.7 Å². The second-order valence-corrected chi connectivity index (χ2v) is 10.9. The van der Waals surface area contributed by atoms with Crippen LogP contribution in [-0.2, 0) is 41.6 Å². The van der Waals surface area contributed by atoms with E-state index in [0.29, 0.717) is 24.3 Å². The number of esters is 1. The maximum absolute atomic E-state index is 14.0. The molecule has 42 heavy (non-hydrogen) atoms. The van der Waals surface area contributed by atoms with E-state index in [1.54, 1.807) is 19.1 Å². The first-order chi connectivity index (χ1) is 20.4. The highest BCUT2D eigenvalue weighted by atomic mass is 32.2. The van der Waals surface area contributed by atoms with Gasteiger partial charge in [-0.2, -0.15) is 0 Å². The van der Waals surface area contributed by atoms with E-state index in [2.05, 4.69) is 10.6 Å². The van der Waals surface area contributed by atoms with Crippen LogP contribution in [0.3, 0.4) is 0 Å². The molecule has 0 spiro atoms. The molecule has 220 valence electrons. The highest BCUT2D eigenvalue weighted by Crippen LogP contribution is 2.35. The molecule has 0 fully saturated rings. The molecular formula is C32H35N3O6S. The van der Waals surface area contributed by atoms with Crippen molar-refractivity contribution in [3.63, 3.8) is 0 Å². The van der Waals surface area contributed by atoms with E-state index >= 15 is 0 Å². The lowest BCUT2D eigenvalue weighted by Gasteiger charge is -2.28. The number of carbonyl (C=O) groups is 4. The number of hydrogen-bond acceptors (Lipinski definition) is 8. The molecule has 3 atom stereocenters. The van der Waals surface area contributed by atoms with Gasteiger partial charge in [0, 0.05) is 24.0 Å². The number of ether oxygens (including phenoxy) is 1. The highest BCUT2D eigenvalue weighted by Gasteiger charge is 2.37. The molecule has 3 aromatic rings. The van der Waals surface area contributed by atoms with Gasteiger partial charge in [0.15, 0.2) is 0 Å². The Bertz CT molecular complexity index is 1370. The van der Waals surface area contributed by atoms with Crippen LogP contribution in [0.25, 0.3) is 0 Å². The summed E-state index contributed by atoms with van der Waals surface area (Å²) in [6, 6.07) is 23.4. The molecule has 3 aromatic carbocycles. The average Bonchev–Trinajstić information content (AvgIpc) is 3.12. The van der Waals surface area contributed by atoms with Crippen molar-refractivity contribution < 1.29 is 28.8 Å². The van der Waals surface area contributed by atoms with Crippen LogP contribution in [0.15, 0.2) is 89.8 Å². The Morgan fingerprint density at radius 1 is 0.905 bits per heavy atom. The van der Waals surface area contributed by atoms with Gasteiger partial charge in [0.2, 0.25) is 5.91 Å². The smallest absolute Gasteiger partial charge is 0.355 e. The zero-order chi connectivity index (χ0) is 29.9. The monoisotopic (exact) mass is 589 g/mol. The first-order valence-electron chi connectivity index (χ1n) is 13.9. The Hall–Kier alpha value is -4.15. The highest BCUT2D eigenvalue weighted by molar-refractivity contribution is 7.99. The third-order valence-electron chi connectivity index (χ3n) is 6.65. The Labute approximate surface area is 249 Å². The number of thioether (sulfide) groups is 1. The summed E-state index contributed by atoms with van der Waals surface area (Å²) in [5.74, 6) is -1.87. The number of para-hydroxylation sites is 1. The van der Waals surface area contributed by atoms with Crippen molar-refractivity contribution in [2.45, 2.75) is 56.1 Å². The van der Waals surface area contributed by atoms with E-state index in [9.17, 15) is 19.2 Å². The van der Waals surface area contributed by atoms with Crippen molar-refractivity contribution in [3.8, 4) is 0 Å². The first-order valence-corrected chi connectivity index (χ1v) is 14.9. The van der Waals surface area contributed by atoms with Gasteiger partial charge < -0.3 is 14.9 Å². The van der Waals surface area contributed by atoms with Gasteiger partial charge in [0.05, 0.1) is 12.3 Å². The molecule has 0 aliphatic carbocycles. The van der Waals surface area contributed by atoms with Crippen LogP contribution in [0.5, 0.6) is 0 Å². The van der Waals surface area contributed by atoms with Crippen molar-refractivity contribution >= 4 is 41.2 Å². The van der Waals surface area contributed by atoms with Crippen molar-refractivity contribution in [2.24, 2.45) is 0 Å². The SMILES string of the molecule is CCOC(=O)C(CCc1ccccc1)N[C@H]1CSc2ccccc2N(OC(=O)[C@H](Cc2ccccc2)NC(C)=O)C1=O. The lowest BCUT2D eigenvalue weighted by molar-refractivity contribution is -0.154. The van der Waals surface area contributed by atoms with Crippen LogP contribution in [0.4, 0.5) is 5.69 Å². The molecule has 0 saturated carbocycles. The minimum absolute atomic E-state index is 0.184. The number of benzene rings is 3. The third kappa shape index (κ3) is 8.43. The quantitative estimate of drug-likeness (QED) is 0.306. The van der Waals surface area contributed by atoms with Crippen LogP contribution >= 0.6 is 11.8 Å². The van der Waals surface area contributed by atoms with Crippen molar-refractivity contribution in [3.05, 3.63) is 96.1 Å². The molecule has 1 heterocycles. The summed E-state index contributed by atoms with van der Waals surface area (Å²) in [6.07, 6.45) is 1.19. The number of aryl methyl sites for hydroxylation is 1. The van der Waals surface area contributed by atoms with Gasteiger partial charge in [-0.25, -0.2) is 4.79 Å². The number of amides is 2. The molecule has 9 nitrogen and oxygen atoms in total. The van der Waals surface area contributed by atoms with Gasteiger partial charge in [0.1, 0.15) is 18.1 Å². The molecule has 2 N–H and O–H groups in total. The number of hydroxylamine groups is 1. The number of nitrogens with one attached hydrogen (secondary N) is 2. The summed E-state index contributed by atoms with van der Waals surface area (Å²) >= 11 is 1.42. The van der Waals surface area contributed by atoms with Crippen LogP contribution in [-0.4, -0.2) is 54.2 Å². The Balaban J connectivity index is 1.57. The lowest BCUT2D eigenvalue weighted by Crippen LogP contribution is -2.54. The molecule has 1 unspecified atom stereocenters. The predicted octanol–water partition coefficient (Wildman–Crippen LogP) is 3.85. The molecule has 1 aliphatic heterocycles. The number of fused-ring (bicyclic) bond motifs is 1. The Kier molecular flexibility index (Phi) is 11.1. The fourth-order valence-corrected chi connectivity index (χ4v) is 5.68. The maximum atomic E-state index is 14.0. The van der Waals surface area contributed by atoms with E-state index in [1.165, 1.54) is 18.7 Å². The normalized spacial score (nSPS) is 16.0. The Morgan fingerprint density at radius 3 is 2.21 bits per heavy atom. The molecule has 0 radical (unpaired) electrons. The number of rotatable bonds is 12. The van der Waals surface area contributed by atoms with Gasteiger partial charge in [-0.1, -0.05) is 72.8 Å². The van der Waals surface area contributed by atoms with E-state index < -0.39 is 41.9 Å². The molecule has 0 aromatic heterocycles. The van der Waals surface area contributed by atoms with E-state index in [0.717, 1.165) is 21.1 Å². The average molecular weight is 590 g/mol. The molecule has 10 heteroatoms. The summed E-state index contributed by atoms with van der Waals surface area (Å²) in [7, 11) is 0. The van der Waals surface area contributed by atoms with E-state index in [-0.39, 0.29) is 13.0 Å². The number of anilines is 1. The summed E-state index contributed by atoms with van der Waals surface area (Å²) in [5, 5.41) is 6.82. The van der Waals surface area contributed by atoms with Gasteiger partial charge >= 0.3 is 11.9 Å². The fraction of sp³-hybridized carbons (Fsp3) is 0.312. The second kappa shape index (κ2) is 15.2. The van der Waals surface area contributed by atoms with Crippen molar-refractivity contribution in [1.82, 2.24) is 10.6 Å². The summed E-state index contributed by atoms with van der Waals surface area (Å²) in [5.41, 5.74) is 2.28. The van der Waals surface area contributed by atoms with Crippen molar-refractivity contribution in [1.29, 1.82) is 0 Å². The second-order valence-electron chi connectivity index (χ2n) is 9.81. The maximum Gasteiger partial charge on any atom is 0.355 e. The number of nitrogens with zero attached hydrogens (tertiary/aromatic N) is 1. The number of carbonyl (C=O) groups excluding carboxylic acids is 4. The molecule has 0 bridgehead atoms. The summed E-state index contributed by atoms with van der Waals surface area (Å²) in [6.45, 7) is 3.26. The van der Waals surface area contributed by atoms with E-state index in [1.807, 2.05) is 72.8 Å². The molecule has 1 aliphatic rings. The van der Waals surface area contributed by atoms with Crippen molar-refractivity contribution in [2.75, 3.05) is 17.4 Å². The topological polar surface area (TPSA) is 114 Å². The standard InChI is InChI=1S/C32H35N3O6S/c1-3-40-31(38)25(19-18-23-12-6-4-7-13-23)34-27-21-42-29-17-11-10-16-28(29)35(30(27)37)41-32(39)26(33-22(2)36)20-24-14-8-5-9-15-24/h4-17,25-27,34H,3,18-21H2,1-2H3,(H,33,36)/t25?,26-,27-/m0/s1. The van der Waals surface area contributed by atoms with E-state index in [4.69, 9.17) is 9.57 Å². The van der Waals surface area contributed by atoms with Crippen LogP contribution in [0.1, 0.15) is 31.4 Å². The van der Waals surface area contributed by atoms with Crippen LogP contribution in [0.2, 0.25) is 0 Å². The van der Waals surface area contributed by atoms with Gasteiger partial charge in [-0.05, 0) is 43.0 Å². The zero-order valence-electron chi connectivity index (χ0n) is 23.7. The zero-order valence-corrected chi connectivity index (χ0v) is 24.5. The summed E-state index contributed by atoms with van der Waals surface area (Å²) < 4.78 is 5.32. The minimum Gasteiger partial charge on any atom is -0.465 e. The minimum atomic E-state index is -1.02. The predicted molar refractivity (Wildman–Crippen MR) is 161 cm³/mol. The molecule has 4 rings (SSSR count). The molecule has 0 saturated heterocycles. The van der Waals surface area contributed by atoms with Crippen LogP contribution in [0, 0.1) is 0 Å². The largest absolute Gasteiger partial charge is 0.465 e. The van der Waals surface area contributed by atoms with Gasteiger partial charge in [0.25, 0.3) is 5.91 Å². The molecule has 2 amide bonds. The molecular weight excluding hydrogens is 554 g/mol. The summed E-state index contributed by atoms with van der Waals surface area (Å²) in [4.78, 5) is 58.8.